The number of allylic oxidation sites excluding steroid dienone is 4. The van der Waals surface area contributed by atoms with Crippen LogP contribution in [0.3, 0.4) is 0 Å². The minimum absolute atomic E-state index is 0.0667. The summed E-state index contributed by atoms with van der Waals surface area (Å²) in [5.41, 5.74) is 7.19. The number of benzene rings is 3. The first-order valence-electron chi connectivity index (χ1n) is 18.6. The van der Waals surface area contributed by atoms with Gasteiger partial charge < -0.3 is 30.4 Å². The lowest BCUT2D eigenvalue weighted by molar-refractivity contribution is 0.163. The third-order valence-electron chi connectivity index (χ3n) is 9.30. The van der Waals surface area contributed by atoms with Crippen LogP contribution in [-0.4, -0.2) is 73.0 Å². The average Bonchev–Trinajstić information content (AvgIpc) is 4.08. The van der Waals surface area contributed by atoms with E-state index >= 15 is 0 Å². The monoisotopic (exact) mass is 778 g/mol. The molecule has 19 nitrogen and oxygen atoms in total. The molecule has 1 aliphatic rings. The maximum atomic E-state index is 11.9. The van der Waals surface area contributed by atoms with E-state index in [4.69, 9.17) is 9.15 Å². The Morgan fingerprint density at radius 2 is 1.57 bits per heavy atom. The molecule has 0 radical (unpaired) electrons. The number of aromatic amines is 4. The summed E-state index contributed by atoms with van der Waals surface area (Å²) in [6.45, 7) is 4.38. The first-order chi connectivity index (χ1) is 28.4. The summed E-state index contributed by atoms with van der Waals surface area (Å²) in [6, 6.07) is 17.4. The molecule has 0 atom stereocenters. The highest BCUT2D eigenvalue weighted by atomic mass is 16.5. The lowest BCUT2D eigenvalue weighted by atomic mass is 10.0. The number of nitrogens with zero attached hydrogens (tertiary/aromatic N) is 8. The number of H-pyrrole nitrogens is 4. The molecular formula is C39H38N16O3. The van der Waals surface area contributed by atoms with Gasteiger partial charge in [0.15, 0.2) is 18.3 Å². The molecule has 2 amide bonds. The van der Waals surface area contributed by atoms with E-state index in [-0.39, 0.29) is 18.7 Å². The van der Waals surface area contributed by atoms with E-state index in [1.165, 1.54) is 0 Å². The number of amides is 2. The third kappa shape index (κ3) is 8.22. The first-order valence-corrected chi connectivity index (χ1v) is 18.6. The van der Waals surface area contributed by atoms with Crippen molar-refractivity contribution < 1.29 is 13.9 Å². The molecule has 3 aromatic carbocycles. The summed E-state index contributed by atoms with van der Waals surface area (Å²) in [4.78, 5) is 21.2. The van der Waals surface area contributed by atoms with E-state index in [0.717, 1.165) is 67.6 Å². The summed E-state index contributed by atoms with van der Waals surface area (Å²) in [7, 11) is 0. The van der Waals surface area contributed by atoms with Gasteiger partial charge in [0, 0.05) is 46.7 Å². The predicted octanol–water partition coefficient (Wildman–Crippen LogP) is 6.29. The Labute approximate surface area is 329 Å². The number of rotatable bonds is 14. The molecule has 0 saturated carbocycles. The molecule has 5 aromatic heterocycles. The maximum Gasteiger partial charge on any atom is 0.315 e. The normalized spacial score (nSPS) is 12.8. The quantitative estimate of drug-likeness (QED) is 0.0605. The van der Waals surface area contributed by atoms with Gasteiger partial charge >= 0.3 is 6.03 Å². The van der Waals surface area contributed by atoms with Gasteiger partial charge in [-0.25, -0.2) is 4.79 Å². The Kier molecular flexibility index (Phi) is 9.72. The maximum absolute atomic E-state index is 11.9. The van der Waals surface area contributed by atoms with Crippen LogP contribution < -0.4 is 21.3 Å². The molecule has 9 rings (SSSR count). The predicted molar refractivity (Wildman–Crippen MR) is 215 cm³/mol. The van der Waals surface area contributed by atoms with Crippen LogP contribution >= 0.6 is 0 Å². The van der Waals surface area contributed by atoms with Crippen LogP contribution in [0.25, 0.3) is 38.8 Å². The number of urea groups is 1. The van der Waals surface area contributed by atoms with Crippen LogP contribution in [0.15, 0.2) is 89.3 Å². The fraction of sp³-hybridized carbons (Fsp3) is 0.205. The zero-order valence-corrected chi connectivity index (χ0v) is 31.4. The standard InChI is InChI=1S/C39H38N16O3/c1-21(2)43-39(56)40-17-22-3-5-23(6-4-22)35-47-38(55-52-35)45-29-13-25(34-27(15-29)19-42-51-34)16-32-49-50-33(58-32)20-57-30-10-7-24(8-11-30)36-46-37(54-53-36)44-28-9-12-31-26(14-28)18-41-48-31/h3-7,9-10,12-15,18-19,21H,8,11,16-17,20H2,1-2H3,(H,41,48)(H,42,51)(H2,40,43,56)(H2,44,46,53,54)(H2,45,47,52,55). The number of anilines is 4. The number of aromatic nitrogens is 12. The average molecular weight is 779 g/mol. The van der Waals surface area contributed by atoms with Crippen LogP contribution in [0, 0.1) is 0 Å². The zero-order chi connectivity index (χ0) is 39.4. The van der Waals surface area contributed by atoms with E-state index in [0.29, 0.717) is 54.7 Å². The van der Waals surface area contributed by atoms with Gasteiger partial charge in [-0.05, 0) is 73.4 Å². The van der Waals surface area contributed by atoms with Crippen molar-refractivity contribution in [1.82, 2.24) is 71.6 Å². The van der Waals surface area contributed by atoms with E-state index in [2.05, 4.69) is 82.2 Å². The molecule has 58 heavy (non-hydrogen) atoms. The number of hydrogen-bond acceptors (Lipinski definition) is 13. The van der Waals surface area contributed by atoms with Crippen molar-refractivity contribution in [3.63, 3.8) is 0 Å². The molecule has 19 heteroatoms. The Bertz CT molecular complexity index is 2770. The van der Waals surface area contributed by atoms with E-state index in [1.807, 2.05) is 80.6 Å². The lowest BCUT2D eigenvalue weighted by Crippen LogP contribution is -2.39. The highest BCUT2D eigenvalue weighted by molar-refractivity contribution is 5.86. The van der Waals surface area contributed by atoms with Crippen molar-refractivity contribution in [2.75, 3.05) is 10.6 Å². The summed E-state index contributed by atoms with van der Waals surface area (Å²) in [6.07, 6.45) is 9.20. The molecule has 0 fully saturated rings. The second-order valence-corrected chi connectivity index (χ2v) is 14.0. The molecule has 0 aliphatic heterocycles. The number of hydrogen-bond donors (Lipinski definition) is 8. The highest BCUT2D eigenvalue weighted by Gasteiger charge is 2.17. The van der Waals surface area contributed by atoms with Gasteiger partial charge in [-0.3, -0.25) is 20.4 Å². The van der Waals surface area contributed by atoms with Gasteiger partial charge in [-0.15, -0.1) is 20.4 Å². The molecule has 0 unspecified atom stereocenters. The van der Waals surface area contributed by atoms with Gasteiger partial charge in [0.05, 0.1) is 35.6 Å². The minimum Gasteiger partial charge on any atom is -0.488 e. The van der Waals surface area contributed by atoms with Crippen molar-refractivity contribution in [2.24, 2.45) is 0 Å². The van der Waals surface area contributed by atoms with Crippen molar-refractivity contribution in [3.8, 4) is 11.4 Å². The van der Waals surface area contributed by atoms with Gasteiger partial charge in [0.1, 0.15) is 0 Å². The van der Waals surface area contributed by atoms with E-state index in [9.17, 15) is 4.79 Å². The fourth-order valence-corrected chi connectivity index (χ4v) is 6.48. The van der Waals surface area contributed by atoms with Crippen LogP contribution in [0.5, 0.6) is 0 Å². The number of fused-ring (bicyclic) bond motifs is 2. The second-order valence-electron chi connectivity index (χ2n) is 14.0. The second kappa shape index (κ2) is 15.7. The molecule has 8 N–H and O–H groups in total. The Hall–Kier alpha value is -7.83. The van der Waals surface area contributed by atoms with Gasteiger partial charge in [-0.2, -0.15) is 20.2 Å². The summed E-state index contributed by atoms with van der Waals surface area (Å²) in [5.74, 6) is 3.79. The lowest BCUT2D eigenvalue weighted by Gasteiger charge is -2.13. The smallest absolute Gasteiger partial charge is 0.315 e. The Morgan fingerprint density at radius 3 is 2.40 bits per heavy atom. The molecular weight excluding hydrogens is 741 g/mol. The molecule has 1 aliphatic carbocycles. The number of ether oxygens (including phenoxy) is 1. The van der Waals surface area contributed by atoms with Crippen LogP contribution in [0.1, 0.15) is 55.4 Å². The van der Waals surface area contributed by atoms with Crippen LogP contribution in [0.4, 0.5) is 28.1 Å². The van der Waals surface area contributed by atoms with Crippen molar-refractivity contribution in [2.45, 2.75) is 52.3 Å². The van der Waals surface area contributed by atoms with E-state index in [1.54, 1.807) is 12.4 Å². The largest absolute Gasteiger partial charge is 0.488 e. The van der Waals surface area contributed by atoms with Crippen molar-refractivity contribution in [1.29, 1.82) is 0 Å². The minimum atomic E-state index is -0.204. The molecule has 8 aromatic rings. The van der Waals surface area contributed by atoms with Gasteiger partial charge in [0.25, 0.3) is 5.89 Å². The topological polar surface area (TPSA) is 254 Å². The van der Waals surface area contributed by atoms with Gasteiger partial charge in [-0.1, -0.05) is 30.3 Å². The van der Waals surface area contributed by atoms with Crippen LogP contribution in [0.2, 0.25) is 0 Å². The molecule has 0 saturated heterocycles. The summed E-state index contributed by atoms with van der Waals surface area (Å²) in [5, 5.41) is 51.6. The van der Waals surface area contributed by atoms with Crippen LogP contribution in [-0.2, 0) is 24.3 Å². The molecule has 292 valence electrons. The number of nitrogens with one attached hydrogen (secondary N) is 8. The Morgan fingerprint density at radius 1 is 0.810 bits per heavy atom. The SMILES string of the molecule is CC(C)NC(=O)NCc1ccc(-c2nc(Nc3cc(Cc4nnc(COC5=CC=C(c6nc(Nc7ccc8[nH]ncc8c7)n[nH]6)CC5)o4)c4[nH]ncc4c3)n[nH]2)cc1. The fourth-order valence-electron chi connectivity index (χ4n) is 6.48. The molecule has 5 heterocycles. The van der Waals surface area contributed by atoms with Gasteiger partial charge in [0.2, 0.25) is 17.8 Å². The molecule has 0 spiro atoms. The van der Waals surface area contributed by atoms with Crippen molar-refractivity contribution in [3.05, 3.63) is 114 Å². The summed E-state index contributed by atoms with van der Waals surface area (Å²) >= 11 is 0. The summed E-state index contributed by atoms with van der Waals surface area (Å²) < 4.78 is 12.0. The highest BCUT2D eigenvalue weighted by Crippen LogP contribution is 2.29. The first kappa shape index (κ1) is 35.8. The number of carbonyl (C=O) groups is 1. The zero-order valence-electron chi connectivity index (χ0n) is 31.4. The van der Waals surface area contributed by atoms with E-state index < -0.39 is 0 Å². The molecule has 0 bridgehead atoms. The number of carbonyl (C=O) groups excluding carboxylic acids is 1. The van der Waals surface area contributed by atoms with Crippen molar-refractivity contribution >= 4 is 56.7 Å². The third-order valence-corrected chi connectivity index (χ3v) is 9.30. The Balaban J connectivity index is 0.795.